The van der Waals surface area contributed by atoms with E-state index in [1.165, 1.54) is 16.5 Å². The van der Waals surface area contributed by atoms with Crippen molar-refractivity contribution >= 4 is 10.9 Å². The van der Waals surface area contributed by atoms with Gasteiger partial charge in [0.2, 0.25) is 0 Å². The van der Waals surface area contributed by atoms with Crippen LogP contribution in [-0.4, -0.2) is 17.7 Å². The summed E-state index contributed by atoms with van der Waals surface area (Å²) in [7, 11) is 0. The quantitative estimate of drug-likeness (QED) is 0.811. The van der Waals surface area contributed by atoms with Crippen LogP contribution in [0, 0.1) is 0 Å². The topological polar surface area (TPSA) is 25.0 Å². The molecule has 0 amide bonds. The Labute approximate surface area is 90.3 Å². The molecule has 2 aromatic rings. The molecule has 1 aromatic heterocycles. The van der Waals surface area contributed by atoms with Gasteiger partial charge in [-0.05, 0) is 31.9 Å². The first-order chi connectivity index (χ1) is 7.27. The first kappa shape index (κ1) is 10.2. The molecule has 2 heteroatoms. The molecule has 0 radical (unpaired) electrons. The Hall–Kier alpha value is -1.28. The third-order valence-corrected chi connectivity index (χ3v) is 2.50. The standard InChI is InChI=1S/C13H17NO/c1-10(2)15-8-7-11-9-14-13-6-4-3-5-12(11)13/h3-6,9-10,14H,7-8H2,1-2H3. The summed E-state index contributed by atoms with van der Waals surface area (Å²) in [6.45, 7) is 4.92. The van der Waals surface area contributed by atoms with E-state index < -0.39 is 0 Å². The van der Waals surface area contributed by atoms with Crippen LogP contribution in [0.15, 0.2) is 30.5 Å². The minimum absolute atomic E-state index is 0.315. The molecule has 1 heterocycles. The van der Waals surface area contributed by atoms with E-state index in [1.807, 2.05) is 6.07 Å². The van der Waals surface area contributed by atoms with Gasteiger partial charge in [-0.2, -0.15) is 0 Å². The molecule has 0 fully saturated rings. The smallest absolute Gasteiger partial charge is 0.0519 e. The number of hydrogen-bond donors (Lipinski definition) is 1. The van der Waals surface area contributed by atoms with Crippen LogP contribution in [-0.2, 0) is 11.2 Å². The molecular formula is C13H17NO. The van der Waals surface area contributed by atoms with Gasteiger partial charge in [-0.15, -0.1) is 0 Å². The maximum absolute atomic E-state index is 5.55. The highest BCUT2D eigenvalue weighted by atomic mass is 16.5. The average molecular weight is 203 g/mol. The predicted octanol–water partition coefficient (Wildman–Crippen LogP) is 3.14. The Morgan fingerprint density at radius 3 is 2.87 bits per heavy atom. The van der Waals surface area contributed by atoms with Crippen LogP contribution < -0.4 is 0 Å². The second kappa shape index (κ2) is 4.49. The molecule has 0 atom stereocenters. The number of hydrogen-bond acceptors (Lipinski definition) is 1. The molecule has 0 aliphatic rings. The van der Waals surface area contributed by atoms with Crippen molar-refractivity contribution in [2.24, 2.45) is 0 Å². The molecule has 0 saturated carbocycles. The van der Waals surface area contributed by atoms with Gasteiger partial charge in [-0.25, -0.2) is 0 Å². The molecular weight excluding hydrogens is 186 g/mol. The fourth-order valence-corrected chi connectivity index (χ4v) is 1.74. The highest BCUT2D eigenvalue weighted by molar-refractivity contribution is 5.82. The second-order valence-corrected chi connectivity index (χ2v) is 4.03. The Balaban J connectivity index is 2.08. The Bertz CT molecular complexity index is 431. The molecule has 2 rings (SSSR count). The summed E-state index contributed by atoms with van der Waals surface area (Å²) in [6.07, 6.45) is 3.37. The molecule has 1 N–H and O–H groups in total. The number of fused-ring (bicyclic) bond motifs is 1. The van der Waals surface area contributed by atoms with E-state index in [2.05, 4.69) is 43.2 Å². The molecule has 0 spiro atoms. The van der Waals surface area contributed by atoms with Crippen molar-refractivity contribution in [3.05, 3.63) is 36.0 Å². The lowest BCUT2D eigenvalue weighted by Gasteiger charge is -2.06. The predicted molar refractivity (Wildman–Crippen MR) is 63.1 cm³/mol. The van der Waals surface area contributed by atoms with E-state index in [0.29, 0.717) is 6.10 Å². The zero-order valence-corrected chi connectivity index (χ0v) is 9.29. The molecule has 0 bridgehead atoms. The van der Waals surface area contributed by atoms with Crippen LogP contribution in [0.2, 0.25) is 0 Å². The molecule has 0 aliphatic heterocycles. The number of rotatable bonds is 4. The van der Waals surface area contributed by atoms with Gasteiger partial charge in [0, 0.05) is 17.1 Å². The normalized spacial score (nSPS) is 11.4. The molecule has 2 nitrogen and oxygen atoms in total. The molecule has 1 aromatic carbocycles. The minimum atomic E-state index is 0.315. The molecule has 80 valence electrons. The summed E-state index contributed by atoms with van der Waals surface area (Å²) >= 11 is 0. The Morgan fingerprint density at radius 2 is 2.07 bits per heavy atom. The minimum Gasteiger partial charge on any atom is -0.378 e. The highest BCUT2D eigenvalue weighted by Gasteiger charge is 2.02. The van der Waals surface area contributed by atoms with Crippen LogP contribution in [0.25, 0.3) is 10.9 Å². The van der Waals surface area contributed by atoms with E-state index in [4.69, 9.17) is 4.74 Å². The number of benzene rings is 1. The lowest BCUT2D eigenvalue weighted by molar-refractivity contribution is 0.0815. The third-order valence-electron chi connectivity index (χ3n) is 2.50. The number of nitrogens with one attached hydrogen (secondary N) is 1. The average Bonchev–Trinajstić information content (AvgIpc) is 2.62. The Morgan fingerprint density at radius 1 is 1.27 bits per heavy atom. The van der Waals surface area contributed by atoms with Gasteiger partial charge in [0.05, 0.1) is 12.7 Å². The van der Waals surface area contributed by atoms with Gasteiger partial charge < -0.3 is 9.72 Å². The largest absolute Gasteiger partial charge is 0.378 e. The summed E-state index contributed by atoms with van der Waals surface area (Å²) in [4.78, 5) is 3.27. The first-order valence-electron chi connectivity index (χ1n) is 5.44. The number of para-hydroxylation sites is 1. The number of ether oxygens (including phenoxy) is 1. The SMILES string of the molecule is CC(C)OCCc1c[nH]c2ccccc12. The molecule has 0 unspecified atom stereocenters. The van der Waals surface area contributed by atoms with Crippen molar-refractivity contribution in [3.63, 3.8) is 0 Å². The maximum atomic E-state index is 5.55. The number of H-pyrrole nitrogens is 1. The lowest BCUT2D eigenvalue weighted by Crippen LogP contribution is -2.05. The monoisotopic (exact) mass is 203 g/mol. The van der Waals surface area contributed by atoms with Crippen LogP contribution in [0.1, 0.15) is 19.4 Å². The van der Waals surface area contributed by atoms with Gasteiger partial charge in [-0.1, -0.05) is 18.2 Å². The third kappa shape index (κ3) is 2.39. The van der Waals surface area contributed by atoms with Gasteiger partial charge >= 0.3 is 0 Å². The number of aromatic amines is 1. The van der Waals surface area contributed by atoms with Crippen LogP contribution >= 0.6 is 0 Å². The van der Waals surface area contributed by atoms with E-state index in [9.17, 15) is 0 Å². The van der Waals surface area contributed by atoms with Gasteiger partial charge in [0.1, 0.15) is 0 Å². The van der Waals surface area contributed by atoms with E-state index in [-0.39, 0.29) is 0 Å². The van der Waals surface area contributed by atoms with Gasteiger partial charge in [-0.3, -0.25) is 0 Å². The summed E-state index contributed by atoms with van der Waals surface area (Å²) in [5, 5.41) is 1.31. The Kier molecular flexibility index (Phi) is 3.07. The highest BCUT2D eigenvalue weighted by Crippen LogP contribution is 2.17. The zero-order chi connectivity index (χ0) is 10.7. The van der Waals surface area contributed by atoms with Crippen molar-refractivity contribution in [1.82, 2.24) is 4.98 Å². The fraction of sp³-hybridized carbons (Fsp3) is 0.385. The molecule has 0 aliphatic carbocycles. The molecule has 15 heavy (non-hydrogen) atoms. The fourth-order valence-electron chi connectivity index (χ4n) is 1.74. The van der Waals surface area contributed by atoms with Crippen LogP contribution in [0.4, 0.5) is 0 Å². The summed E-state index contributed by atoms with van der Waals surface area (Å²) < 4.78 is 5.55. The van der Waals surface area contributed by atoms with E-state index in [0.717, 1.165) is 13.0 Å². The van der Waals surface area contributed by atoms with E-state index >= 15 is 0 Å². The van der Waals surface area contributed by atoms with Crippen LogP contribution in [0.3, 0.4) is 0 Å². The van der Waals surface area contributed by atoms with Crippen molar-refractivity contribution < 1.29 is 4.74 Å². The zero-order valence-electron chi connectivity index (χ0n) is 9.29. The maximum Gasteiger partial charge on any atom is 0.0519 e. The van der Waals surface area contributed by atoms with Gasteiger partial charge in [0.25, 0.3) is 0 Å². The van der Waals surface area contributed by atoms with Crippen molar-refractivity contribution in [3.8, 4) is 0 Å². The van der Waals surface area contributed by atoms with Crippen LogP contribution in [0.5, 0.6) is 0 Å². The van der Waals surface area contributed by atoms with Gasteiger partial charge in [0.15, 0.2) is 0 Å². The molecule has 0 saturated heterocycles. The summed E-state index contributed by atoms with van der Waals surface area (Å²) in [6, 6.07) is 8.37. The summed E-state index contributed by atoms with van der Waals surface area (Å²) in [5.41, 5.74) is 2.54. The van der Waals surface area contributed by atoms with E-state index in [1.54, 1.807) is 0 Å². The van der Waals surface area contributed by atoms with Crippen molar-refractivity contribution in [2.45, 2.75) is 26.4 Å². The van der Waals surface area contributed by atoms with Crippen molar-refractivity contribution in [2.75, 3.05) is 6.61 Å². The first-order valence-corrected chi connectivity index (χ1v) is 5.44. The lowest BCUT2D eigenvalue weighted by atomic mass is 10.1. The second-order valence-electron chi connectivity index (χ2n) is 4.03. The summed E-state index contributed by atoms with van der Waals surface area (Å²) in [5.74, 6) is 0. The number of aromatic nitrogens is 1. The van der Waals surface area contributed by atoms with Crippen molar-refractivity contribution in [1.29, 1.82) is 0 Å².